The fraction of sp³-hybridized carbons (Fsp3) is 0.400. The number of aliphatic hydroxyl groups is 1. The number of carbonyl (C=O) groups is 4. The van der Waals surface area contributed by atoms with E-state index in [9.17, 15) is 19.5 Å². The second-order valence-corrected chi connectivity index (χ2v) is 14.1. The number of esters is 1. The van der Waals surface area contributed by atoms with E-state index >= 15 is 4.79 Å². The van der Waals surface area contributed by atoms with Crippen LogP contribution in [0.15, 0.2) is 97.1 Å². The number of hydrogen-bond acceptors (Lipinski definition) is 7. The van der Waals surface area contributed by atoms with E-state index in [1.54, 1.807) is 23.1 Å². The third kappa shape index (κ3) is 6.00. The van der Waals surface area contributed by atoms with E-state index in [4.69, 9.17) is 9.47 Å². The molecule has 7 rings (SSSR count). The lowest BCUT2D eigenvalue weighted by Crippen LogP contribution is -2.58. The molecule has 2 fully saturated rings. The second-order valence-electron chi connectivity index (χ2n) is 14.1. The van der Waals surface area contributed by atoms with Crippen molar-refractivity contribution in [1.82, 2.24) is 10.2 Å². The normalized spacial score (nSPS) is 29.7. The number of fused-ring (bicyclic) bond motifs is 3. The average molecular weight is 678 g/mol. The zero-order valence-corrected chi connectivity index (χ0v) is 28.3. The van der Waals surface area contributed by atoms with Crippen molar-refractivity contribution >= 4 is 40.2 Å². The number of carbonyl (C=O) groups excluding carboxylic acids is 4. The summed E-state index contributed by atoms with van der Waals surface area (Å²) in [6.45, 7) is 3.82. The molecule has 4 heterocycles. The number of nitrogens with one attached hydrogen (secondary N) is 1. The Morgan fingerprint density at radius 1 is 0.940 bits per heavy atom. The lowest BCUT2D eigenvalue weighted by Gasteiger charge is -2.39. The molecule has 4 aliphatic rings. The molecule has 2 saturated heterocycles. The van der Waals surface area contributed by atoms with Gasteiger partial charge in [-0.2, -0.15) is 0 Å². The van der Waals surface area contributed by atoms with Crippen LogP contribution >= 0.6 is 0 Å². The number of benzene rings is 3. The standard InChI is InChI=1S/C40H43N3O7/c1-25(2)21-30(23-44)43-36-39(48)42(29-18-17-26-11-6-7-14-28(26)22-29)20-10-19-40(36)35(38(43)47)34-32(50-40)15-8-9-16-33(45)49-24-31(41-37(34)46)27-12-4-3-5-13-27/h3-8,10-15,17-19,22,25,30-32,34-36,44H,9,16,20-21,23-24H2,1-2H3,(H,41,46)/b15-8-/t30-,31+,32-,34+,35+,36-,40+/m1/s1. The van der Waals surface area contributed by atoms with Gasteiger partial charge in [0.25, 0.3) is 5.91 Å². The molecule has 0 bridgehead atoms. The summed E-state index contributed by atoms with van der Waals surface area (Å²) in [5, 5.41) is 15.8. The summed E-state index contributed by atoms with van der Waals surface area (Å²) in [5.41, 5.74) is -0.0692. The molecule has 50 heavy (non-hydrogen) atoms. The molecular weight excluding hydrogens is 634 g/mol. The smallest absolute Gasteiger partial charge is 0.306 e. The molecule has 10 nitrogen and oxygen atoms in total. The molecule has 0 aliphatic carbocycles. The molecule has 3 amide bonds. The third-order valence-corrected chi connectivity index (χ3v) is 10.4. The van der Waals surface area contributed by atoms with Crippen LogP contribution in [0.4, 0.5) is 5.69 Å². The van der Waals surface area contributed by atoms with Crippen LogP contribution in [-0.2, 0) is 28.7 Å². The molecule has 260 valence electrons. The van der Waals surface area contributed by atoms with Gasteiger partial charge in [-0.25, -0.2) is 0 Å². The number of rotatable bonds is 6. The van der Waals surface area contributed by atoms with Gasteiger partial charge in [-0.1, -0.05) is 98.8 Å². The van der Waals surface area contributed by atoms with Crippen molar-refractivity contribution in [2.45, 2.75) is 62.9 Å². The molecule has 0 saturated carbocycles. The molecule has 7 atom stereocenters. The number of allylic oxidation sites excluding steroid dienone is 1. The maximum Gasteiger partial charge on any atom is 0.306 e. The molecule has 3 aromatic carbocycles. The molecule has 3 aromatic rings. The zero-order chi connectivity index (χ0) is 35.0. The number of likely N-dealkylation sites (tertiary alicyclic amines) is 1. The van der Waals surface area contributed by atoms with E-state index in [0.717, 1.165) is 16.3 Å². The van der Waals surface area contributed by atoms with Gasteiger partial charge in [0.1, 0.15) is 18.2 Å². The van der Waals surface area contributed by atoms with Crippen LogP contribution in [0.1, 0.15) is 44.7 Å². The lowest BCUT2D eigenvalue weighted by atomic mass is 9.77. The summed E-state index contributed by atoms with van der Waals surface area (Å²) >= 11 is 0. The van der Waals surface area contributed by atoms with E-state index in [1.165, 1.54) is 4.90 Å². The van der Waals surface area contributed by atoms with E-state index in [0.29, 0.717) is 18.5 Å². The summed E-state index contributed by atoms with van der Waals surface area (Å²) in [5.74, 6) is -3.52. The van der Waals surface area contributed by atoms with Crippen molar-refractivity contribution in [3.05, 3.63) is 103 Å². The van der Waals surface area contributed by atoms with Crippen molar-refractivity contribution < 1.29 is 33.8 Å². The Morgan fingerprint density at radius 3 is 2.46 bits per heavy atom. The largest absolute Gasteiger partial charge is 0.463 e. The zero-order valence-electron chi connectivity index (χ0n) is 28.3. The summed E-state index contributed by atoms with van der Waals surface area (Å²) in [6.07, 6.45) is 7.25. The van der Waals surface area contributed by atoms with Gasteiger partial charge in [0, 0.05) is 18.7 Å². The van der Waals surface area contributed by atoms with Gasteiger partial charge in [-0.05, 0) is 47.2 Å². The topological polar surface area (TPSA) is 125 Å². The lowest BCUT2D eigenvalue weighted by molar-refractivity contribution is -0.147. The van der Waals surface area contributed by atoms with Gasteiger partial charge < -0.3 is 29.7 Å². The number of nitrogens with zero attached hydrogens (tertiary/aromatic N) is 2. The van der Waals surface area contributed by atoms with Crippen molar-refractivity contribution in [2.24, 2.45) is 17.8 Å². The van der Waals surface area contributed by atoms with Crippen LogP contribution in [0.5, 0.6) is 0 Å². The monoisotopic (exact) mass is 677 g/mol. The Balaban J connectivity index is 1.33. The second kappa shape index (κ2) is 13.8. The van der Waals surface area contributed by atoms with Crippen LogP contribution in [-0.4, -0.2) is 77.2 Å². The first-order chi connectivity index (χ1) is 24.2. The van der Waals surface area contributed by atoms with Crippen molar-refractivity contribution in [1.29, 1.82) is 0 Å². The fourth-order valence-electron chi connectivity index (χ4n) is 8.17. The van der Waals surface area contributed by atoms with Gasteiger partial charge in [0.05, 0.1) is 36.6 Å². The Hall–Kier alpha value is -4.80. The molecule has 0 unspecified atom stereocenters. The first-order valence-corrected chi connectivity index (χ1v) is 17.5. The molecular formula is C40H43N3O7. The SMILES string of the molecule is CC(C)C[C@H](CO)N1C(=O)[C@@H]2[C@H]3C(=O)N[C@H](c4ccccc4)COC(=O)CC/C=C\[C@H]3O[C@@]23C=CCN(c2ccc4ccccc4c2)C(=O)[C@@H]13. The Morgan fingerprint density at radius 2 is 1.70 bits per heavy atom. The molecule has 4 aliphatic heterocycles. The first-order valence-electron chi connectivity index (χ1n) is 17.5. The number of cyclic esters (lactones) is 1. The van der Waals surface area contributed by atoms with Crippen LogP contribution in [0.25, 0.3) is 10.8 Å². The predicted molar refractivity (Wildman–Crippen MR) is 188 cm³/mol. The fourth-order valence-corrected chi connectivity index (χ4v) is 8.17. The molecule has 10 heteroatoms. The summed E-state index contributed by atoms with van der Waals surface area (Å²) in [7, 11) is 0. The molecule has 2 N–H and O–H groups in total. The number of ether oxygens (including phenoxy) is 2. The van der Waals surface area contributed by atoms with E-state index in [2.05, 4.69) is 5.32 Å². The highest BCUT2D eigenvalue weighted by atomic mass is 16.5. The number of aliphatic hydroxyl groups excluding tert-OH is 1. The van der Waals surface area contributed by atoms with E-state index in [1.807, 2.05) is 92.7 Å². The first kappa shape index (κ1) is 33.7. The van der Waals surface area contributed by atoms with Crippen LogP contribution in [0.3, 0.4) is 0 Å². The summed E-state index contributed by atoms with van der Waals surface area (Å²) < 4.78 is 12.4. The Kier molecular flexibility index (Phi) is 9.32. The highest BCUT2D eigenvalue weighted by molar-refractivity contribution is 6.06. The Bertz CT molecular complexity index is 1840. The van der Waals surface area contributed by atoms with Gasteiger partial charge in [-0.15, -0.1) is 0 Å². The third-order valence-electron chi connectivity index (χ3n) is 10.4. The molecule has 0 aromatic heterocycles. The van der Waals surface area contributed by atoms with Crippen molar-refractivity contribution in [3.8, 4) is 0 Å². The van der Waals surface area contributed by atoms with Crippen molar-refractivity contribution in [3.63, 3.8) is 0 Å². The summed E-state index contributed by atoms with van der Waals surface area (Å²) in [6, 6.07) is 20.5. The number of anilines is 1. The van der Waals surface area contributed by atoms with Gasteiger partial charge >= 0.3 is 5.97 Å². The summed E-state index contributed by atoms with van der Waals surface area (Å²) in [4.78, 5) is 60.2. The van der Waals surface area contributed by atoms with Gasteiger partial charge in [-0.3, -0.25) is 19.2 Å². The van der Waals surface area contributed by atoms with Crippen molar-refractivity contribution in [2.75, 3.05) is 24.7 Å². The Labute approximate surface area is 291 Å². The molecule has 0 radical (unpaired) electrons. The van der Waals surface area contributed by atoms with Gasteiger partial charge in [0.15, 0.2) is 0 Å². The quantitative estimate of drug-likeness (QED) is 0.291. The minimum absolute atomic E-state index is 0.0743. The number of hydrogen-bond donors (Lipinski definition) is 2. The minimum Gasteiger partial charge on any atom is -0.463 e. The minimum atomic E-state index is -1.49. The maximum atomic E-state index is 15.0. The average Bonchev–Trinajstić information content (AvgIpc) is 3.51. The predicted octanol–water partition coefficient (Wildman–Crippen LogP) is 4.48. The van der Waals surface area contributed by atoms with Crippen LogP contribution in [0, 0.1) is 17.8 Å². The molecule has 1 spiro atoms. The highest BCUT2D eigenvalue weighted by Gasteiger charge is 2.72. The highest BCUT2D eigenvalue weighted by Crippen LogP contribution is 2.54. The maximum absolute atomic E-state index is 15.0. The van der Waals surface area contributed by atoms with E-state index in [-0.39, 0.29) is 44.0 Å². The van der Waals surface area contributed by atoms with Crippen LogP contribution < -0.4 is 10.2 Å². The van der Waals surface area contributed by atoms with Crippen LogP contribution in [0.2, 0.25) is 0 Å². The van der Waals surface area contributed by atoms with Gasteiger partial charge in [0.2, 0.25) is 11.8 Å². The van der Waals surface area contributed by atoms with E-state index < -0.39 is 53.5 Å². The number of amides is 3.